The molecule has 0 aromatic heterocycles. The summed E-state index contributed by atoms with van der Waals surface area (Å²) < 4.78 is 4.85. The molecule has 5 unspecified atom stereocenters. The van der Waals surface area contributed by atoms with Gasteiger partial charge in [-0.1, -0.05) is 38.3 Å². The number of allylic oxidation sites excluding steroid dienone is 2. The summed E-state index contributed by atoms with van der Waals surface area (Å²) in [5.74, 6) is 0.255. The summed E-state index contributed by atoms with van der Waals surface area (Å²) in [6.07, 6.45) is 10.2. The summed E-state index contributed by atoms with van der Waals surface area (Å²) in [5.41, 5.74) is 3.78. The van der Waals surface area contributed by atoms with Crippen molar-refractivity contribution in [3.05, 3.63) is 11.1 Å². The van der Waals surface area contributed by atoms with Crippen molar-refractivity contribution in [3.8, 4) is 0 Å². The van der Waals surface area contributed by atoms with Crippen molar-refractivity contribution in [2.24, 2.45) is 22.7 Å². The molecule has 0 spiro atoms. The normalized spacial score (nSPS) is 38.3. The molecule has 1 heterocycles. The predicted octanol–water partition coefficient (Wildman–Crippen LogP) is 6.39. The number of fused-ring (bicyclic) bond motifs is 1. The summed E-state index contributed by atoms with van der Waals surface area (Å²) >= 11 is 0. The van der Waals surface area contributed by atoms with Gasteiger partial charge in [0.1, 0.15) is 11.7 Å². The number of carbonyl (C=O) groups is 1. The molecule has 2 aliphatic carbocycles. The van der Waals surface area contributed by atoms with Crippen LogP contribution < -0.4 is 0 Å². The zero-order valence-corrected chi connectivity index (χ0v) is 19.7. The van der Waals surface area contributed by atoms with Crippen molar-refractivity contribution in [1.82, 2.24) is 0 Å². The first kappa shape index (κ1) is 22.8. The molecule has 2 fully saturated rings. The maximum Gasteiger partial charge on any atom is 0.311 e. The molecule has 4 heteroatoms. The van der Waals surface area contributed by atoms with Gasteiger partial charge in [-0.15, -0.1) is 0 Å². The van der Waals surface area contributed by atoms with Crippen molar-refractivity contribution < 1.29 is 19.3 Å². The molecule has 1 saturated heterocycles. The van der Waals surface area contributed by atoms with Gasteiger partial charge in [0, 0.05) is 0 Å². The molecular formula is C25H42O4. The summed E-state index contributed by atoms with van der Waals surface area (Å²) in [6.45, 7) is 13.9. The fourth-order valence-electron chi connectivity index (χ4n) is 6.63. The van der Waals surface area contributed by atoms with E-state index in [1.165, 1.54) is 39.2 Å². The van der Waals surface area contributed by atoms with Crippen LogP contribution in [0.15, 0.2) is 11.1 Å². The molecule has 0 aromatic rings. The van der Waals surface area contributed by atoms with E-state index in [2.05, 4.69) is 34.6 Å². The Hall–Kier alpha value is -0.870. The Balaban J connectivity index is 1.65. The molecule has 29 heavy (non-hydrogen) atoms. The molecule has 3 rings (SSSR count). The first-order valence-electron chi connectivity index (χ1n) is 11.6. The minimum Gasteiger partial charge on any atom is -0.469 e. The molecular weight excluding hydrogens is 364 g/mol. The number of hydrogen-bond donors (Lipinski definition) is 0. The Bertz CT molecular complexity index is 641. The summed E-state index contributed by atoms with van der Waals surface area (Å²) in [7, 11) is 1.42. The molecule has 4 nitrogen and oxygen atoms in total. The summed E-state index contributed by atoms with van der Waals surface area (Å²) in [5, 5.41) is 0. The molecule has 0 N–H and O–H groups in total. The van der Waals surface area contributed by atoms with Crippen molar-refractivity contribution in [1.29, 1.82) is 0 Å². The SMILES string of the molecule is COC(=O)C(C)C1CCC(C)(CCC2=C(C)CCC3C(C)(C)CCCC23C)OO1. The third-order valence-electron chi connectivity index (χ3n) is 8.61. The van der Waals surface area contributed by atoms with Gasteiger partial charge in [0.25, 0.3) is 0 Å². The molecule has 1 saturated carbocycles. The highest BCUT2D eigenvalue weighted by Crippen LogP contribution is 2.60. The summed E-state index contributed by atoms with van der Waals surface area (Å²) in [6, 6.07) is 0. The predicted molar refractivity (Wildman–Crippen MR) is 115 cm³/mol. The second-order valence-electron chi connectivity index (χ2n) is 11.1. The smallest absolute Gasteiger partial charge is 0.311 e. The van der Waals surface area contributed by atoms with Crippen LogP contribution in [0.25, 0.3) is 0 Å². The van der Waals surface area contributed by atoms with Gasteiger partial charge in [-0.2, -0.15) is 0 Å². The molecule has 0 aromatic carbocycles. The van der Waals surface area contributed by atoms with E-state index in [0.29, 0.717) is 10.8 Å². The Labute approximate surface area is 177 Å². The first-order chi connectivity index (χ1) is 13.5. The lowest BCUT2D eigenvalue weighted by atomic mass is 9.50. The fourth-order valence-corrected chi connectivity index (χ4v) is 6.63. The number of carbonyl (C=O) groups excluding carboxylic acids is 1. The van der Waals surface area contributed by atoms with Gasteiger partial charge in [-0.05, 0) is 88.9 Å². The quantitative estimate of drug-likeness (QED) is 0.301. The highest BCUT2D eigenvalue weighted by molar-refractivity contribution is 5.72. The molecule has 0 bridgehead atoms. The van der Waals surface area contributed by atoms with Crippen LogP contribution in [0, 0.1) is 22.7 Å². The molecule has 5 atom stereocenters. The second-order valence-corrected chi connectivity index (χ2v) is 11.1. The first-order valence-corrected chi connectivity index (χ1v) is 11.6. The highest BCUT2D eigenvalue weighted by atomic mass is 17.2. The van der Waals surface area contributed by atoms with E-state index in [9.17, 15) is 4.79 Å². The molecule has 0 amide bonds. The van der Waals surface area contributed by atoms with Gasteiger partial charge in [-0.25, -0.2) is 9.78 Å². The molecule has 0 radical (unpaired) electrons. The van der Waals surface area contributed by atoms with Crippen LogP contribution in [0.5, 0.6) is 0 Å². The number of esters is 1. The number of methoxy groups -OCH3 is 1. The lowest BCUT2D eigenvalue weighted by Gasteiger charge is -2.55. The van der Waals surface area contributed by atoms with Crippen LogP contribution in [-0.4, -0.2) is 24.8 Å². The topological polar surface area (TPSA) is 44.8 Å². The van der Waals surface area contributed by atoms with Crippen LogP contribution in [0.2, 0.25) is 0 Å². The van der Waals surface area contributed by atoms with Gasteiger partial charge in [-0.3, -0.25) is 4.79 Å². The molecule has 1 aliphatic heterocycles. The average molecular weight is 407 g/mol. The van der Waals surface area contributed by atoms with E-state index in [4.69, 9.17) is 14.5 Å². The van der Waals surface area contributed by atoms with Crippen LogP contribution >= 0.6 is 0 Å². The lowest BCUT2D eigenvalue weighted by molar-refractivity contribution is -0.411. The van der Waals surface area contributed by atoms with Gasteiger partial charge >= 0.3 is 5.97 Å². The van der Waals surface area contributed by atoms with Gasteiger partial charge < -0.3 is 4.74 Å². The van der Waals surface area contributed by atoms with E-state index >= 15 is 0 Å². The van der Waals surface area contributed by atoms with Gasteiger partial charge in [0.05, 0.1) is 13.0 Å². The Morgan fingerprint density at radius 3 is 2.52 bits per heavy atom. The van der Waals surface area contributed by atoms with Crippen LogP contribution in [0.3, 0.4) is 0 Å². The number of ether oxygens (including phenoxy) is 1. The minimum absolute atomic E-state index is 0.216. The van der Waals surface area contributed by atoms with Crippen molar-refractivity contribution >= 4 is 5.97 Å². The number of rotatable bonds is 5. The summed E-state index contributed by atoms with van der Waals surface area (Å²) in [4.78, 5) is 23.4. The van der Waals surface area contributed by atoms with Crippen molar-refractivity contribution in [2.45, 2.75) is 111 Å². The van der Waals surface area contributed by atoms with Gasteiger partial charge in [0.15, 0.2) is 0 Å². The maximum atomic E-state index is 11.8. The highest BCUT2D eigenvalue weighted by Gasteiger charge is 2.50. The van der Waals surface area contributed by atoms with E-state index in [1.807, 2.05) is 6.92 Å². The number of hydrogen-bond acceptors (Lipinski definition) is 4. The zero-order chi connectivity index (χ0) is 21.4. The standard InChI is InChI=1S/C25H42O4/c1-17-9-10-21-23(3,4)13-8-14-25(21,6)19(17)11-15-24(5)16-12-20(28-29-24)18(2)22(26)27-7/h18,20-21H,8-16H2,1-7H3. The van der Waals surface area contributed by atoms with E-state index in [1.54, 1.807) is 11.1 Å². The Kier molecular flexibility index (Phi) is 6.56. The van der Waals surface area contributed by atoms with Crippen LogP contribution in [-0.2, 0) is 19.3 Å². The largest absolute Gasteiger partial charge is 0.469 e. The van der Waals surface area contributed by atoms with Crippen molar-refractivity contribution in [3.63, 3.8) is 0 Å². The van der Waals surface area contributed by atoms with Crippen molar-refractivity contribution in [2.75, 3.05) is 7.11 Å². The minimum atomic E-state index is -0.294. The average Bonchev–Trinajstić information content (AvgIpc) is 2.66. The maximum absolute atomic E-state index is 11.8. The second kappa shape index (κ2) is 8.34. The molecule has 166 valence electrons. The molecule has 3 aliphatic rings. The van der Waals surface area contributed by atoms with Crippen LogP contribution in [0.1, 0.15) is 99.3 Å². The lowest BCUT2D eigenvalue weighted by Crippen LogP contribution is -2.46. The van der Waals surface area contributed by atoms with Gasteiger partial charge in [0.2, 0.25) is 0 Å². The third-order valence-corrected chi connectivity index (χ3v) is 8.61. The third kappa shape index (κ3) is 4.44. The monoisotopic (exact) mass is 406 g/mol. The van der Waals surface area contributed by atoms with E-state index < -0.39 is 0 Å². The van der Waals surface area contributed by atoms with E-state index in [-0.39, 0.29) is 23.6 Å². The fraction of sp³-hybridized carbons (Fsp3) is 0.880. The Morgan fingerprint density at radius 1 is 1.17 bits per heavy atom. The Morgan fingerprint density at radius 2 is 1.90 bits per heavy atom. The zero-order valence-electron chi connectivity index (χ0n) is 19.7. The van der Waals surface area contributed by atoms with E-state index in [0.717, 1.165) is 31.6 Å². The van der Waals surface area contributed by atoms with Crippen LogP contribution in [0.4, 0.5) is 0 Å².